The molecule has 1 aliphatic rings. The van der Waals surface area contributed by atoms with Crippen molar-refractivity contribution in [1.29, 1.82) is 0 Å². The number of carbonyl (C=O) groups is 4. The summed E-state index contributed by atoms with van der Waals surface area (Å²) in [5.74, 6) is -1.61. The van der Waals surface area contributed by atoms with Gasteiger partial charge in [-0.05, 0) is 30.3 Å². The molecule has 2 aromatic carbocycles. The predicted octanol–water partition coefficient (Wildman–Crippen LogP) is 1.11. The fraction of sp³-hybridized carbons (Fsp3) is 0.200. The van der Waals surface area contributed by atoms with Gasteiger partial charge in [0, 0.05) is 5.56 Å². The Labute approximate surface area is 171 Å². The molecule has 2 amide bonds. The van der Waals surface area contributed by atoms with E-state index in [4.69, 9.17) is 14.2 Å². The molecular formula is C20H18N2O8. The van der Waals surface area contributed by atoms with Gasteiger partial charge in [-0.15, -0.1) is 0 Å². The van der Waals surface area contributed by atoms with Gasteiger partial charge in [-0.2, -0.15) is 0 Å². The Bertz CT molecular complexity index is 989. The molecule has 3 rings (SSSR count). The predicted molar refractivity (Wildman–Crippen MR) is 102 cm³/mol. The second-order valence-electron chi connectivity index (χ2n) is 6.00. The average Bonchev–Trinajstić information content (AvgIpc) is 3.23. The molecule has 10 nitrogen and oxygen atoms in total. The molecule has 0 saturated heterocycles. The van der Waals surface area contributed by atoms with Gasteiger partial charge >= 0.3 is 11.9 Å². The third-order valence-corrected chi connectivity index (χ3v) is 4.00. The first-order valence-electron chi connectivity index (χ1n) is 8.78. The lowest BCUT2D eigenvalue weighted by molar-refractivity contribution is -0.146. The van der Waals surface area contributed by atoms with E-state index in [9.17, 15) is 19.2 Å². The van der Waals surface area contributed by atoms with Gasteiger partial charge in [0.15, 0.2) is 18.1 Å². The lowest BCUT2D eigenvalue weighted by Gasteiger charge is -2.10. The van der Waals surface area contributed by atoms with Crippen LogP contribution in [0, 0.1) is 0 Å². The van der Waals surface area contributed by atoms with E-state index in [-0.39, 0.29) is 23.6 Å². The topological polar surface area (TPSA) is 129 Å². The summed E-state index contributed by atoms with van der Waals surface area (Å²) in [6, 6.07) is 10.9. The van der Waals surface area contributed by atoms with Gasteiger partial charge < -0.3 is 29.6 Å². The minimum Gasteiger partial charge on any atom is -0.465 e. The van der Waals surface area contributed by atoms with E-state index in [2.05, 4.69) is 15.4 Å². The summed E-state index contributed by atoms with van der Waals surface area (Å²) >= 11 is 0. The van der Waals surface area contributed by atoms with E-state index < -0.39 is 36.9 Å². The fourth-order valence-corrected chi connectivity index (χ4v) is 2.56. The SMILES string of the molecule is COC(=O)c1ccccc1NC(=O)COC(=O)CNC(=O)c1ccc2c(c1)OCO2. The Hall–Kier alpha value is -4.08. The van der Waals surface area contributed by atoms with Crippen molar-refractivity contribution in [3.8, 4) is 11.5 Å². The van der Waals surface area contributed by atoms with Crippen molar-refractivity contribution in [2.24, 2.45) is 0 Å². The number of hydrogen-bond acceptors (Lipinski definition) is 8. The molecule has 156 valence electrons. The molecule has 0 atom stereocenters. The number of hydrogen-bond donors (Lipinski definition) is 2. The molecule has 0 saturated carbocycles. The van der Waals surface area contributed by atoms with Crippen LogP contribution in [0.5, 0.6) is 11.5 Å². The number of rotatable bonds is 7. The summed E-state index contributed by atoms with van der Waals surface area (Å²) in [4.78, 5) is 47.6. The van der Waals surface area contributed by atoms with E-state index in [1.54, 1.807) is 18.2 Å². The number of methoxy groups -OCH3 is 1. The molecule has 0 fully saturated rings. The molecule has 1 heterocycles. The molecule has 30 heavy (non-hydrogen) atoms. The van der Waals surface area contributed by atoms with Crippen molar-refractivity contribution in [3.05, 3.63) is 53.6 Å². The van der Waals surface area contributed by atoms with Gasteiger partial charge in [-0.1, -0.05) is 12.1 Å². The normalized spacial score (nSPS) is 11.4. The first-order chi connectivity index (χ1) is 14.5. The van der Waals surface area contributed by atoms with Crippen LogP contribution in [0.1, 0.15) is 20.7 Å². The Morgan fingerprint density at radius 1 is 1.03 bits per heavy atom. The molecule has 0 aliphatic carbocycles. The highest BCUT2D eigenvalue weighted by atomic mass is 16.7. The zero-order valence-corrected chi connectivity index (χ0v) is 15.9. The van der Waals surface area contributed by atoms with Crippen LogP contribution in [0.25, 0.3) is 0 Å². The smallest absolute Gasteiger partial charge is 0.339 e. The van der Waals surface area contributed by atoms with Crippen LogP contribution in [0.15, 0.2) is 42.5 Å². The highest BCUT2D eigenvalue weighted by Crippen LogP contribution is 2.32. The number of para-hydroxylation sites is 1. The molecule has 2 aromatic rings. The third-order valence-electron chi connectivity index (χ3n) is 4.00. The van der Waals surface area contributed by atoms with Crippen LogP contribution in [0.2, 0.25) is 0 Å². The van der Waals surface area contributed by atoms with Crippen LogP contribution in [-0.2, 0) is 19.1 Å². The van der Waals surface area contributed by atoms with Gasteiger partial charge in [0.1, 0.15) is 6.54 Å². The van der Waals surface area contributed by atoms with Crippen LogP contribution >= 0.6 is 0 Å². The average molecular weight is 414 g/mol. The van der Waals surface area contributed by atoms with Crippen molar-refractivity contribution in [3.63, 3.8) is 0 Å². The van der Waals surface area contributed by atoms with Crippen LogP contribution in [0.4, 0.5) is 5.69 Å². The molecule has 10 heteroatoms. The fourth-order valence-electron chi connectivity index (χ4n) is 2.56. The van der Waals surface area contributed by atoms with Crippen LogP contribution < -0.4 is 20.1 Å². The van der Waals surface area contributed by atoms with Crippen molar-refractivity contribution < 1.29 is 38.1 Å². The summed E-state index contributed by atoms with van der Waals surface area (Å²) in [7, 11) is 1.22. The van der Waals surface area contributed by atoms with Gasteiger partial charge in [0.05, 0.1) is 18.4 Å². The highest BCUT2D eigenvalue weighted by molar-refractivity contribution is 6.02. The van der Waals surface area contributed by atoms with E-state index in [0.29, 0.717) is 11.5 Å². The minimum absolute atomic E-state index is 0.0822. The first kappa shape index (κ1) is 20.6. The molecule has 2 N–H and O–H groups in total. The molecule has 0 aromatic heterocycles. The largest absolute Gasteiger partial charge is 0.465 e. The maximum absolute atomic E-state index is 12.1. The molecule has 0 radical (unpaired) electrons. The number of ether oxygens (including phenoxy) is 4. The third kappa shape index (κ3) is 5.04. The van der Waals surface area contributed by atoms with E-state index >= 15 is 0 Å². The summed E-state index contributed by atoms with van der Waals surface area (Å²) < 4.78 is 19.8. The van der Waals surface area contributed by atoms with Gasteiger partial charge in [0.2, 0.25) is 6.79 Å². The van der Waals surface area contributed by atoms with Gasteiger partial charge in [-0.25, -0.2) is 4.79 Å². The van der Waals surface area contributed by atoms with Gasteiger partial charge in [0.25, 0.3) is 11.8 Å². The van der Waals surface area contributed by atoms with E-state index in [1.165, 1.54) is 31.4 Å². The summed E-state index contributed by atoms with van der Waals surface area (Å²) in [5, 5.41) is 4.86. The Kier molecular flexibility index (Phi) is 6.48. The van der Waals surface area contributed by atoms with Crippen molar-refractivity contribution in [2.45, 2.75) is 0 Å². The zero-order valence-electron chi connectivity index (χ0n) is 15.9. The Morgan fingerprint density at radius 3 is 2.60 bits per heavy atom. The lowest BCUT2D eigenvalue weighted by Crippen LogP contribution is -2.32. The maximum atomic E-state index is 12.1. The second kappa shape index (κ2) is 9.41. The van der Waals surface area contributed by atoms with Crippen molar-refractivity contribution in [1.82, 2.24) is 5.32 Å². The lowest BCUT2D eigenvalue weighted by atomic mass is 10.2. The zero-order chi connectivity index (χ0) is 21.5. The number of fused-ring (bicyclic) bond motifs is 1. The molecule has 0 unspecified atom stereocenters. The van der Waals surface area contributed by atoms with Crippen LogP contribution in [-0.4, -0.2) is 50.8 Å². The minimum atomic E-state index is -0.805. The summed E-state index contributed by atoms with van der Waals surface area (Å²) in [6.07, 6.45) is 0. The Morgan fingerprint density at radius 2 is 1.80 bits per heavy atom. The number of amides is 2. The summed E-state index contributed by atoms with van der Waals surface area (Å²) in [5.41, 5.74) is 0.668. The van der Waals surface area contributed by atoms with Crippen molar-refractivity contribution >= 4 is 29.4 Å². The monoisotopic (exact) mass is 414 g/mol. The molecule has 0 bridgehead atoms. The quantitative estimate of drug-likeness (QED) is 0.645. The molecule has 0 spiro atoms. The summed E-state index contributed by atoms with van der Waals surface area (Å²) in [6.45, 7) is -0.938. The van der Waals surface area contributed by atoms with Gasteiger partial charge in [-0.3, -0.25) is 14.4 Å². The number of esters is 2. The van der Waals surface area contributed by atoms with E-state index in [1.807, 2.05) is 0 Å². The second-order valence-corrected chi connectivity index (χ2v) is 6.00. The van der Waals surface area contributed by atoms with Crippen LogP contribution in [0.3, 0.4) is 0 Å². The maximum Gasteiger partial charge on any atom is 0.339 e. The number of benzene rings is 2. The molecule has 1 aliphatic heterocycles. The highest BCUT2D eigenvalue weighted by Gasteiger charge is 2.18. The number of anilines is 1. The first-order valence-corrected chi connectivity index (χ1v) is 8.78. The van der Waals surface area contributed by atoms with Crippen molar-refractivity contribution in [2.75, 3.05) is 32.4 Å². The standard InChI is InChI=1S/C20H18N2O8/c1-27-20(26)13-4-2-3-5-14(13)22-17(23)10-28-18(24)9-21-19(25)12-6-7-15-16(8-12)30-11-29-15/h2-8H,9-11H2,1H3,(H,21,25)(H,22,23). The van der Waals surface area contributed by atoms with E-state index in [0.717, 1.165) is 0 Å². The molecular weight excluding hydrogens is 396 g/mol. The Balaban J connectivity index is 1.45. The number of carbonyl (C=O) groups excluding carboxylic acids is 4. The number of nitrogens with one attached hydrogen (secondary N) is 2.